The molecule has 0 aliphatic carbocycles. The van der Waals surface area contributed by atoms with Crippen LogP contribution < -0.4 is 10.5 Å². The average Bonchev–Trinajstić information content (AvgIpc) is 2.37. The first-order chi connectivity index (χ1) is 9.81. The second kappa shape index (κ2) is 6.36. The number of hydrogen-bond acceptors (Lipinski definition) is 3. The van der Waals surface area contributed by atoms with E-state index in [4.69, 9.17) is 17.3 Å². The molecule has 0 saturated heterocycles. The van der Waals surface area contributed by atoms with Gasteiger partial charge < -0.3 is 5.73 Å². The average molecular weight is 390 g/mol. The second-order valence-corrected chi connectivity index (χ2v) is 7.50. The summed E-state index contributed by atoms with van der Waals surface area (Å²) >= 11 is 9.30. The lowest BCUT2D eigenvalue weighted by molar-refractivity contribution is 0.566. The highest BCUT2D eigenvalue weighted by Gasteiger charge is 2.21. The SMILES string of the molecule is CC(NS(=O)(=O)c1ccc(N)cc1Br)c1ccccc1Cl. The summed E-state index contributed by atoms with van der Waals surface area (Å²) in [5.41, 5.74) is 6.82. The molecule has 0 spiro atoms. The fourth-order valence-corrected chi connectivity index (χ4v) is 4.54. The van der Waals surface area contributed by atoms with E-state index in [1.165, 1.54) is 6.07 Å². The Hall–Kier alpha value is -1.08. The molecule has 0 amide bonds. The molecule has 2 aromatic carbocycles. The van der Waals surface area contributed by atoms with Crippen LogP contribution in [-0.2, 0) is 10.0 Å². The maximum Gasteiger partial charge on any atom is 0.242 e. The molecular formula is C14H14BrClN2O2S. The van der Waals surface area contributed by atoms with Gasteiger partial charge in [-0.2, -0.15) is 0 Å². The van der Waals surface area contributed by atoms with Gasteiger partial charge >= 0.3 is 0 Å². The van der Waals surface area contributed by atoms with Gasteiger partial charge in [-0.05, 0) is 52.7 Å². The molecule has 2 aromatic rings. The van der Waals surface area contributed by atoms with Crippen LogP contribution in [0.5, 0.6) is 0 Å². The number of hydrogen-bond donors (Lipinski definition) is 2. The maximum atomic E-state index is 12.4. The van der Waals surface area contributed by atoms with E-state index in [9.17, 15) is 8.42 Å². The van der Waals surface area contributed by atoms with Crippen molar-refractivity contribution in [2.75, 3.05) is 5.73 Å². The molecule has 0 saturated carbocycles. The Kier molecular flexibility index (Phi) is 4.93. The van der Waals surface area contributed by atoms with Crippen LogP contribution in [0.2, 0.25) is 5.02 Å². The van der Waals surface area contributed by atoms with Crippen molar-refractivity contribution in [3.05, 3.63) is 57.5 Å². The normalized spacial score (nSPS) is 13.1. The van der Waals surface area contributed by atoms with Gasteiger partial charge in [0.1, 0.15) is 0 Å². The number of nitrogen functional groups attached to an aromatic ring is 1. The summed E-state index contributed by atoms with van der Waals surface area (Å²) in [5, 5.41) is 0.518. The summed E-state index contributed by atoms with van der Waals surface area (Å²) in [5.74, 6) is 0. The molecule has 112 valence electrons. The van der Waals surface area contributed by atoms with Crippen molar-refractivity contribution in [3.63, 3.8) is 0 Å². The molecule has 0 aromatic heterocycles. The minimum absolute atomic E-state index is 0.135. The van der Waals surface area contributed by atoms with E-state index in [0.29, 0.717) is 20.7 Å². The maximum absolute atomic E-state index is 12.4. The van der Waals surface area contributed by atoms with Gasteiger partial charge in [0, 0.05) is 21.2 Å². The number of nitrogens with one attached hydrogen (secondary N) is 1. The summed E-state index contributed by atoms with van der Waals surface area (Å²) in [6.07, 6.45) is 0. The van der Waals surface area contributed by atoms with Crippen LogP contribution in [0.1, 0.15) is 18.5 Å². The van der Waals surface area contributed by atoms with Gasteiger partial charge in [0.2, 0.25) is 10.0 Å². The van der Waals surface area contributed by atoms with Gasteiger partial charge in [0.25, 0.3) is 0 Å². The number of nitrogens with two attached hydrogens (primary N) is 1. The smallest absolute Gasteiger partial charge is 0.242 e. The van der Waals surface area contributed by atoms with Gasteiger partial charge in [-0.1, -0.05) is 29.8 Å². The summed E-state index contributed by atoms with van der Waals surface area (Å²) in [4.78, 5) is 0.135. The summed E-state index contributed by atoms with van der Waals surface area (Å²) in [6.45, 7) is 1.74. The molecule has 3 N–H and O–H groups in total. The van der Waals surface area contributed by atoms with Gasteiger partial charge in [-0.3, -0.25) is 0 Å². The molecule has 4 nitrogen and oxygen atoms in total. The third-order valence-corrected chi connectivity index (χ3v) is 5.81. The quantitative estimate of drug-likeness (QED) is 0.783. The Morgan fingerprint density at radius 2 is 1.90 bits per heavy atom. The molecule has 0 heterocycles. The molecule has 21 heavy (non-hydrogen) atoms. The lowest BCUT2D eigenvalue weighted by Gasteiger charge is -2.16. The molecule has 0 bridgehead atoms. The van der Waals surface area contributed by atoms with Crippen molar-refractivity contribution >= 4 is 43.2 Å². The van der Waals surface area contributed by atoms with Crippen molar-refractivity contribution in [3.8, 4) is 0 Å². The molecule has 2 rings (SSSR count). The zero-order valence-corrected chi connectivity index (χ0v) is 14.3. The van der Waals surface area contributed by atoms with Gasteiger partial charge in [-0.25, -0.2) is 13.1 Å². The van der Waals surface area contributed by atoms with Gasteiger partial charge in [0.05, 0.1) is 4.90 Å². The minimum atomic E-state index is -3.68. The topological polar surface area (TPSA) is 72.2 Å². The fraction of sp³-hybridized carbons (Fsp3) is 0.143. The Balaban J connectivity index is 2.31. The van der Waals surface area contributed by atoms with Crippen LogP contribution in [0, 0.1) is 0 Å². The molecule has 0 radical (unpaired) electrons. The third kappa shape index (κ3) is 3.77. The molecule has 0 fully saturated rings. The lowest BCUT2D eigenvalue weighted by atomic mass is 10.1. The van der Waals surface area contributed by atoms with Crippen molar-refractivity contribution in [2.24, 2.45) is 0 Å². The number of anilines is 1. The van der Waals surface area contributed by atoms with E-state index in [0.717, 1.165) is 0 Å². The predicted octanol–water partition coefficient (Wildman–Crippen LogP) is 3.72. The highest BCUT2D eigenvalue weighted by Crippen LogP contribution is 2.27. The summed E-state index contributed by atoms with van der Waals surface area (Å²) < 4.78 is 27.9. The van der Waals surface area contributed by atoms with Crippen LogP contribution in [0.25, 0.3) is 0 Å². The Morgan fingerprint density at radius 3 is 2.52 bits per heavy atom. The van der Waals surface area contributed by atoms with Gasteiger partial charge in [-0.15, -0.1) is 0 Å². The molecular weight excluding hydrogens is 376 g/mol. The van der Waals surface area contributed by atoms with Crippen LogP contribution in [0.3, 0.4) is 0 Å². The van der Waals surface area contributed by atoms with Crippen molar-refractivity contribution < 1.29 is 8.42 Å². The summed E-state index contributed by atoms with van der Waals surface area (Å²) in [7, 11) is -3.68. The Labute approximate surface area is 137 Å². The monoisotopic (exact) mass is 388 g/mol. The lowest BCUT2D eigenvalue weighted by Crippen LogP contribution is -2.27. The van der Waals surface area contributed by atoms with E-state index < -0.39 is 16.1 Å². The fourth-order valence-electron chi connectivity index (χ4n) is 1.92. The first kappa shape index (κ1) is 16.3. The second-order valence-electron chi connectivity index (χ2n) is 4.55. The number of rotatable bonds is 4. The van der Waals surface area contributed by atoms with E-state index in [1.54, 1.807) is 37.3 Å². The first-order valence-corrected chi connectivity index (χ1v) is 8.78. The van der Waals surface area contributed by atoms with E-state index in [2.05, 4.69) is 20.7 Å². The van der Waals surface area contributed by atoms with Crippen molar-refractivity contribution in [1.82, 2.24) is 4.72 Å². The van der Waals surface area contributed by atoms with Crippen LogP contribution >= 0.6 is 27.5 Å². The zero-order valence-electron chi connectivity index (χ0n) is 11.2. The van der Waals surface area contributed by atoms with E-state index >= 15 is 0 Å². The highest BCUT2D eigenvalue weighted by molar-refractivity contribution is 9.10. The standard InChI is InChI=1S/C14H14BrClN2O2S/c1-9(11-4-2-3-5-13(11)16)18-21(19,20)14-7-6-10(17)8-12(14)15/h2-9,18H,17H2,1H3. The number of halogens is 2. The molecule has 0 aliphatic heterocycles. The Morgan fingerprint density at radius 1 is 1.24 bits per heavy atom. The molecule has 1 atom stereocenters. The summed E-state index contributed by atoms with van der Waals surface area (Å²) in [6, 6.07) is 11.2. The molecule has 0 aliphatic rings. The van der Waals surface area contributed by atoms with E-state index in [-0.39, 0.29) is 4.90 Å². The third-order valence-electron chi connectivity index (χ3n) is 2.95. The minimum Gasteiger partial charge on any atom is -0.399 e. The largest absolute Gasteiger partial charge is 0.399 e. The van der Waals surface area contributed by atoms with Crippen LogP contribution in [-0.4, -0.2) is 8.42 Å². The van der Waals surface area contributed by atoms with Crippen LogP contribution in [0.15, 0.2) is 51.8 Å². The van der Waals surface area contributed by atoms with Gasteiger partial charge in [0.15, 0.2) is 0 Å². The first-order valence-electron chi connectivity index (χ1n) is 6.13. The van der Waals surface area contributed by atoms with Crippen molar-refractivity contribution in [2.45, 2.75) is 17.9 Å². The van der Waals surface area contributed by atoms with Crippen molar-refractivity contribution in [1.29, 1.82) is 0 Å². The Bertz CT molecular complexity index is 765. The zero-order chi connectivity index (χ0) is 15.6. The number of benzene rings is 2. The molecule has 1 unspecified atom stereocenters. The van der Waals surface area contributed by atoms with E-state index in [1.807, 2.05) is 6.07 Å². The predicted molar refractivity (Wildman–Crippen MR) is 88.7 cm³/mol. The number of sulfonamides is 1. The van der Waals surface area contributed by atoms with Crippen LogP contribution in [0.4, 0.5) is 5.69 Å². The highest BCUT2D eigenvalue weighted by atomic mass is 79.9. The molecule has 7 heteroatoms.